The van der Waals surface area contributed by atoms with Gasteiger partial charge in [0.25, 0.3) is 0 Å². The van der Waals surface area contributed by atoms with Gasteiger partial charge in [0.1, 0.15) is 11.5 Å². The lowest BCUT2D eigenvalue weighted by Gasteiger charge is -2.12. The van der Waals surface area contributed by atoms with Gasteiger partial charge >= 0.3 is 0 Å². The molecule has 2 aromatic rings. The molecule has 2 N–H and O–H groups in total. The molecule has 2 heteroatoms. The molecule has 0 bridgehead atoms. The first kappa shape index (κ1) is 13.6. The zero-order valence-electron chi connectivity index (χ0n) is 11.8. The first-order chi connectivity index (χ1) is 9.06. The maximum atomic E-state index is 5.92. The SMILES string of the molecule is Cc1cc(Oc2ccccc2C)ccc1CC(C)N. The lowest BCUT2D eigenvalue weighted by atomic mass is 10.0. The fourth-order valence-corrected chi connectivity index (χ4v) is 2.11. The molecule has 0 spiro atoms. The molecule has 0 heterocycles. The Morgan fingerprint density at radius 1 is 1.05 bits per heavy atom. The normalized spacial score (nSPS) is 12.2. The monoisotopic (exact) mass is 255 g/mol. The second kappa shape index (κ2) is 5.89. The van der Waals surface area contributed by atoms with Crippen molar-refractivity contribution in [2.24, 2.45) is 5.73 Å². The van der Waals surface area contributed by atoms with Crippen LogP contribution in [0, 0.1) is 13.8 Å². The van der Waals surface area contributed by atoms with Gasteiger partial charge in [-0.1, -0.05) is 24.3 Å². The number of hydrogen-bond acceptors (Lipinski definition) is 2. The molecule has 0 saturated heterocycles. The van der Waals surface area contributed by atoms with Crippen LogP contribution in [0.3, 0.4) is 0 Å². The Balaban J connectivity index is 2.19. The summed E-state index contributed by atoms with van der Waals surface area (Å²) in [6, 6.07) is 14.4. The fraction of sp³-hybridized carbons (Fsp3) is 0.294. The quantitative estimate of drug-likeness (QED) is 0.896. The third kappa shape index (κ3) is 3.58. The van der Waals surface area contributed by atoms with Gasteiger partial charge in [0.05, 0.1) is 0 Å². The molecule has 1 atom stereocenters. The second-order valence-electron chi connectivity index (χ2n) is 5.14. The second-order valence-corrected chi connectivity index (χ2v) is 5.14. The lowest BCUT2D eigenvalue weighted by Crippen LogP contribution is -2.18. The Morgan fingerprint density at radius 2 is 1.79 bits per heavy atom. The van der Waals surface area contributed by atoms with E-state index >= 15 is 0 Å². The maximum Gasteiger partial charge on any atom is 0.130 e. The van der Waals surface area contributed by atoms with Crippen LogP contribution < -0.4 is 10.5 Å². The molecule has 0 aromatic heterocycles. The number of benzene rings is 2. The van der Waals surface area contributed by atoms with Crippen LogP contribution in [0.1, 0.15) is 23.6 Å². The van der Waals surface area contributed by atoms with Crippen molar-refractivity contribution in [2.75, 3.05) is 0 Å². The largest absolute Gasteiger partial charge is 0.457 e. The van der Waals surface area contributed by atoms with E-state index in [9.17, 15) is 0 Å². The summed E-state index contributed by atoms with van der Waals surface area (Å²) in [4.78, 5) is 0. The Labute approximate surface area is 115 Å². The van der Waals surface area contributed by atoms with Gasteiger partial charge in [-0.3, -0.25) is 0 Å². The molecular formula is C17H21NO. The fourth-order valence-electron chi connectivity index (χ4n) is 2.11. The van der Waals surface area contributed by atoms with Crippen LogP contribution in [-0.2, 0) is 6.42 Å². The molecule has 0 amide bonds. The third-order valence-corrected chi connectivity index (χ3v) is 3.18. The standard InChI is InChI=1S/C17H21NO/c1-12-6-4-5-7-17(12)19-16-9-8-15(11-14(3)18)13(2)10-16/h4-10,14H,11,18H2,1-3H3. The molecule has 0 radical (unpaired) electrons. The van der Waals surface area contributed by atoms with Crippen LogP contribution in [0.25, 0.3) is 0 Å². The zero-order chi connectivity index (χ0) is 13.8. The average Bonchev–Trinajstić information content (AvgIpc) is 2.35. The Bertz CT molecular complexity index is 561. The Morgan fingerprint density at radius 3 is 2.42 bits per heavy atom. The van der Waals surface area contributed by atoms with Gasteiger partial charge in [-0.05, 0) is 62.1 Å². The van der Waals surface area contributed by atoms with E-state index < -0.39 is 0 Å². The highest BCUT2D eigenvalue weighted by molar-refractivity contribution is 5.40. The number of para-hydroxylation sites is 1. The minimum absolute atomic E-state index is 0.182. The summed E-state index contributed by atoms with van der Waals surface area (Å²) in [5, 5.41) is 0. The summed E-state index contributed by atoms with van der Waals surface area (Å²) in [5.41, 5.74) is 9.49. The number of rotatable bonds is 4. The van der Waals surface area contributed by atoms with Crippen LogP contribution in [0.5, 0.6) is 11.5 Å². The van der Waals surface area contributed by atoms with Gasteiger partial charge in [0.15, 0.2) is 0 Å². The van der Waals surface area contributed by atoms with E-state index in [0.717, 1.165) is 23.5 Å². The van der Waals surface area contributed by atoms with Gasteiger partial charge in [0, 0.05) is 6.04 Å². The van der Waals surface area contributed by atoms with E-state index in [1.807, 2.05) is 44.2 Å². The van der Waals surface area contributed by atoms with E-state index in [4.69, 9.17) is 10.5 Å². The number of hydrogen-bond donors (Lipinski definition) is 1. The van der Waals surface area contributed by atoms with Crippen LogP contribution >= 0.6 is 0 Å². The minimum Gasteiger partial charge on any atom is -0.457 e. The summed E-state index contributed by atoms with van der Waals surface area (Å²) in [6.45, 7) is 6.17. The van der Waals surface area contributed by atoms with Crippen molar-refractivity contribution < 1.29 is 4.74 Å². The predicted octanol–water partition coefficient (Wildman–Crippen LogP) is 3.99. The summed E-state index contributed by atoms with van der Waals surface area (Å²) in [5.74, 6) is 1.78. The van der Waals surface area contributed by atoms with Crippen molar-refractivity contribution >= 4 is 0 Å². The van der Waals surface area contributed by atoms with Crippen molar-refractivity contribution in [3.63, 3.8) is 0 Å². The van der Waals surface area contributed by atoms with E-state index in [-0.39, 0.29) is 6.04 Å². The Hall–Kier alpha value is -1.80. The first-order valence-electron chi connectivity index (χ1n) is 6.65. The summed E-state index contributed by atoms with van der Waals surface area (Å²) < 4.78 is 5.92. The van der Waals surface area contributed by atoms with Gasteiger partial charge < -0.3 is 10.5 Å². The van der Waals surface area contributed by atoms with Gasteiger partial charge in [-0.15, -0.1) is 0 Å². The zero-order valence-corrected chi connectivity index (χ0v) is 11.8. The van der Waals surface area contributed by atoms with Crippen molar-refractivity contribution in [2.45, 2.75) is 33.2 Å². The topological polar surface area (TPSA) is 35.2 Å². The molecule has 0 aliphatic carbocycles. The highest BCUT2D eigenvalue weighted by atomic mass is 16.5. The molecule has 2 aromatic carbocycles. The van der Waals surface area contributed by atoms with Crippen molar-refractivity contribution in [1.29, 1.82) is 0 Å². The van der Waals surface area contributed by atoms with Crippen molar-refractivity contribution in [3.8, 4) is 11.5 Å². The predicted molar refractivity (Wildman–Crippen MR) is 79.8 cm³/mol. The lowest BCUT2D eigenvalue weighted by molar-refractivity contribution is 0.478. The van der Waals surface area contributed by atoms with Crippen LogP contribution in [-0.4, -0.2) is 6.04 Å². The van der Waals surface area contributed by atoms with Gasteiger partial charge in [-0.2, -0.15) is 0 Å². The third-order valence-electron chi connectivity index (χ3n) is 3.18. The number of ether oxygens (including phenoxy) is 1. The molecule has 0 fully saturated rings. The molecule has 2 rings (SSSR count). The van der Waals surface area contributed by atoms with Crippen molar-refractivity contribution in [1.82, 2.24) is 0 Å². The molecule has 2 nitrogen and oxygen atoms in total. The molecule has 100 valence electrons. The smallest absolute Gasteiger partial charge is 0.130 e. The molecule has 0 aliphatic rings. The van der Waals surface area contributed by atoms with Crippen molar-refractivity contribution in [3.05, 3.63) is 59.2 Å². The number of nitrogens with two attached hydrogens (primary N) is 1. The van der Waals surface area contributed by atoms with Gasteiger partial charge in [0.2, 0.25) is 0 Å². The minimum atomic E-state index is 0.182. The molecule has 19 heavy (non-hydrogen) atoms. The molecule has 0 saturated carbocycles. The summed E-state index contributed by atoms with van der Waals surface area (Å²) in [7, 11) is 0. The van der Waals surface area contributed by atoms with Crippen LogP contribution in [0.4, 0.5) is 0 Å². The van der Waals surface area contributed by atoms with Gasteiger partial charge in [-0.25, -0.2) is 0 Å². The summed E-state index contributed by atoms with van der Waals surface area (Å²) in [6.07, 6.45) is 0.899. The van der Waals surface area contributed by atoms with Crippen LogP contribution in [0.15, 0.2) is 42.5 Å². The maximum absolute atomic E-state index is 5.92. The number of aryl methyl sites for hydroxylation is 2. The highest BCUT2D eigenvalue weighted by Gasteiger charge is 2.05. The first-order valence-corrected chi connectivity index (χ1v) is 6.65. The van der Waals surface area contributed by atoms with E-state index in [0.29, 0.717) is 0 Å². The highest BCUT2D eigenvalue weighted by Crippen LogP contribution is 2.26. The van der Waals surface area contributed by atoms with Crippen LogP contribution in [0.2, 0.25) is 0 Å². The molecular weight excluding hydrogens is 234 g/mol. The van der Waals surface area contributed by atoms with E-state index in [1.165, 1.54) is 11.1 Å². The molecule has 1 unspecified atom stereocenters. The molecule has 0 aliphatic heterocycles. The average molecular weight is 255 g/mol. The Kier molecular flexibility index (Phi) is 4.23. The van der Waals surface area contributed by atoms with E-state index in [2.05, 4.69) is 19.1 Å². The van der Waals surface area contributed by atoms with E-state index in [1.54, 1.807) is 0 Å². The summed E-state index contributed by atoms with van der Waals surface area (Å²) >= 11 is 0.